The predicted octanol–water partition coefficient (Wildman–Crippen LogP) is 3.00. The van der Waals surface area contributed by atoms with Gasteiger partial charge in [-0.2, -0.15) is 11.8 Å². The number of rotatable bonds is 5. The monoisotopic (exact) mass is 352 g/mol. The topological polar surface area (TPSA) is 46.4 Å². The van der Waals surface area contributed by atoms with Crippen LogP contribution in [-0.2, 0) is 0 Å². The molecule has 0 aliphatic rings. The van der Waals surface area contributed by atoms with Crippen molar-refractivity contribution >= 4 is 45.7 Å². The highest BCUT2D eigenvalue weighted by molar-refractivity contribution is 14.1. The zero-order valence-corrected chi connectivity index (χ0v) is 12.1. The van der Waals surface area contributed by atoms with Gasteiger partial charge in [0.15, 0.2) is 0 Å². The molecule has 0 spiro atoms. The fraction of sp³-hybridized carbons (Fsp3) is 0.400. The highest BCUT2D eigenvalue weighted by Crippen LogP contribution is 2.25. The molecule has 0 unspecified atom stereocenters. The number of benzene rings is 1. The van der Waals surface area contributed by atoms with Crippen molar-refractivity contribution in [2.45, 2.75) is 0 Å². The number of anilines is 1. The maximum absolute atomic E-state index is 10.7. The highest BCUT2D eigenvalue weighted by Gasteiger charge is 2.12. The largest absolute Gasteiger partial charge is 0.374 e. The first-order chi connectivity index (χ1) is 7.56. The van der Waals surface area contributed by atoms with Crippen LogP contribution in [0.2, 0.25) is 0 Å². The van der Waals surface area contributed by atoms with Gasteiger partial charge in [0.25, 0.3) is 5.69 Å². The SMILES string of the molecule is CSCCN(C)c1ccc([N+](=O)[O-])c(I)c1. The Morgan fingerprint density at radius 2 is 2.25 bits per heavy atom. The molecule has 16 heavy (non-hydrogen) atoms. The van der Waals surface area contributed by atoms with Gasteiger partial charge >= 0.3 is 0 Å². The van der Waals surface area contributed by atoms with Crippen LogP contribution in [0.5, 0.6) is 0 Å². The molecule has 0 heterocycles. The molecule has 0 atom stereocenters. The average molecular weight is 352 g/mol. The van der Waals surface area contributed by atoms with Gasteiger partial charge in [0.1, 0.15) is 0 Å². The Morgan fingerprint density at radius 3 is 2.75 bits per heavy atom. The summed E-state index contributed by atoms with van der Waals surface area (Å²) in [4.78, 5) is 12.4. The first-order valence-electron chi connectivity index (χ1n) is 4.70. The number of thioether (sulfide) groups is 1. The lowest BCUT2D eigenvalue weighted by Gasteiger charge is -2.18. The third-order valence-electron chi connectivity index (χ3n) is 2.20. The number of nitro groups is 1. The highest BCUT2D eigenvalue weighted by atomic mass is 127. The first kappa shape index (κ1) is 13.6. The van der Waals surface area contributed by atoms with Crippen molar-refractivity contribution in [1.29, 1.82) is 0 Å². The van der Waals surface area contributed by atoms with Crippen LogP contribution < -0.4 is 4.90 Å². The lowest BCUT2D eigenvalue weighted by molar-refractivity contribution is -0.385. The third kappa shape index (κ3) is 3.51. The summed E-state index contributed by atoms with van der Waals surface area (Å²) in [7, 11) is 1.99. The molecule has 4 nitrogen and oxygen atoms in total. The maximum atomic E-state index is 10.7. The molecule has 0 aromatic heterocycles. The molecule has 1 aromatic carbocycles. The summed E-state index contributed by atoms with van der Waals surface area (Å²) in [6.07, 6.45) is 2.06. The Bertz CT molecular complexity index is 387. The molecule has 1 aromatic rings. The maximum Gasteiger partial charge on any atom is 0.282 e. The third-order valence-corrected chi connectivity index (χ3v) is 3.65. The van der Waals surface area contributed by atoms with E-state index in [4.69, 9.17) is 0 Å². The molecule has 0 aliphatic heterocycles. The van der Waals surface area contributed by atoms with Gasteiger partial charge in [-0.3, -0.25) is 10.1 Å². The summed E-state index contributed by atoms with van der Waals surface area (Å²) in [6, 6.07) is 5.20. The second-order valence-corrected chi connectivity index (χ2v) is 5.45. The second kappa shape index (κ2) is 6.29. The number of hydrogen-bond donors (Lipinski definition) is 0. The lowest BCUT2D eigenvalue weighted by atomic mass is 10.2. The smallest absolute Gasteiger partial charge is 0.282 e. The van der Waals surface area contributed by atoms with Crippen LogP contribution in [0.3, 0.4) is 0 Å². The first-order valence-corrected chi connectivity index (χ1v) is 7.17. The molecule has 0 amide bonds. The van der Waals surface area contributed by atoms with Gasteiger partial charge in [0.05, 0.1) is 8.49 Å². The van der Waals surface area contributed by atoms with Gasteiger partial charge in [-0.25, -0.2) is 0 Å². The van der Waals surface area contributed by atoms with Crippen LogP contribution in [0.15, 0.2) is 18.2 Å². The number of hydrogen-bond acceptors (Lipinski definition) is 4. The van der Waals surface area contributed by atoms with Crippen LogP contribution in [0.1, 0.15) is 0 Å². The Balaban J connectivity index is 2.84. The van der Waals surface area contributed by atoms with Crippen molar-refractivity contribution < 1.29 is 4.92 Å². The van der Waals surface area contributed by atoms with E-state index < -0.39 is 0 Å². The molecule has 0 aliphatic carbocycles. The summed E-state index contributed by atoms with van der Waals surface area (Å²) >= 11 is 3.78. The summed E-state index contributed by atoms with van der Waals surface area (Å²) in [5.41, 5.74) is 1.19. The molecule has 0 bridgehead atoms. The molecule has 88 valence electrons. The van der Waals surface area contributed by atoms with Crippen LogP contribution in [0.4, 0.5) is 11.4 Å². The van der Waals surface area contributed by atoms with Crippen LogP contribution in [-0.4, -0.2) is 30.5 Å². The molecule has 6 heteroatoms. The van der Waals surface area contributed by atoms with E-state index in [0.717, 1.165) is 18.0 Å². The number of nitrogens with zero attached hydrogens (tertiary/aromatic N) is 2. The Kier molecular flexibility index (Phi) is 5.33. The molecular weight excluding hydrogens is 339 g/mol. The lowest BCUT2D eigenvalue weighted by Crippen LogP contribution is -2.20. The summed E-state index contributed by atoms with van der Waals surface area (Å²) in [5, 5.41) is 10.7. The molecule has 0 saturated heterocycles. The normalized spacial score (nSPS) is 10.2. The van der Waals surface area contributed by atoms with E-state index in [0.29, 0.717) is 3.57 Å². The summed E-state index contributed by atoms with van der Waals surface area (Å²) in [5.74, 6) is 1.05. The van der Waals surface area contributed by atoms with Gasteiger partial charge in [-0.15, -0.1) is 0 Å². The Hall–Kier alpha value is -0.500. The Labute approximate surface area is 113 Å². The standard InChI is InChI=1S/C10H13IN2O2S/c1-12(5-6-16-2)8-3-4-10(13(14)15)9(11)7-8/h3-4,7H,5-6H2,1-2H3. The van der Waals surface area contributed by atoms with Crippen molar-refractivity contribution in [2.75, 3.05) is 30.5 Å². The zero-order valence-electron chi connectivity index (χ0n) is 9.14. The van der Waals surface area contributed by atoms with Crippen molar-refractivity contribution in [1.82, 2.24) is 0 Å². The van der Waals surface area contributed by atoms with Gasteiger partial charge in [0, 0.05) is 31.1 Å². The van der Waals surface area contributed by atoms with Crippen molar-refractivity contribution in [3.05, 3.63) is 31.9 Å². The fourth-order valence-corrected chi connectivity index (χ4v) is 2.39. The fourth-order valence-electron chi connectivity index (χ4n) is 1.24. The van der Waals surface area contributed by atoms with Crippen molar-refractivity contribution in [2.24, 2.45) is 0 Å². The molecule has 0 N–H and O–H groups in total. The molecule has 0 saturated carbocycles. The zero-order chi connectivity index (χ0) is 12.1. The molecule has 0 fully saturated rings. The van der Waals surface area contributed by atoms with E-state index in [1.54, 1.807) is 23.9 Å². The van der Waals surface area contributed by atoms with E-state index in [1.807, 2.05) is 35.7 Å². The van der Waals surface area contributed by atoms with Crippen molar-refractivity contribution in [3.8, 4) is 0 Å². The number of nitro benzene ring substituents is 1. The van der Waals surface area contributed by atoms with Crippen LogP contribution in [0, 0.1) is 13.7 Å². The van der Waals surface area contributed by atoms with E-state index in [-0.39, 0.29) is 10.6 Å². The van der Waals surface area contributed by atoms with E-state index in [1.165, 1.54) is 0 Å². The molecular formula is C10H13IN2O2S. The second-order valence-electron chi connectivity index (χ2n) is 3.31. The van der Waals surface area contributed by atoms with Crippen molar-refractivity contribution in [3.63, 3.8) is 0 Å². The Morgan fingerprint density at radius 1 is 1.56 bits per heavy atom. The summed E-state index contributed by atoms with van der Waals surface area (Å²) in [6.45, 7) is 0.940. The van der Waals surface area contributed by atoms with Gasteiger partial charge in [-0.1, -0.05) is 0 Å². The summed E-state index contributed by atoms with van der Waals surface area (Å²) < 4.78 is 0.677. The van der Waals surface area contributed by atoms with E-state index >= 15 is 0 Å². The average Bonchev–Trinajstić information content (AvgIpc) is 2.25. The van der Waals surface area contributed by atoms with E-state index in [9.17, 15) is 10.1 Å². The van der Waals surface area contributed by atoms with Gasteiger partial charge in [0.2, 0.25) is 0 Å². The minimum atomic E-state index is -0.354. The predicted molar refractivity (Wildman–Crippen MR) is 77.5 cm³/mol. The molecule has 1 rings (SSSR count). The minimum Gasteiger partial charge on any atom is -0.374 e. The quantitative estimate of drug-likeness (QED) is 0.464. The van der Waals surface area contributed by atoms with Gasteiger partial charge in [-0.05, 0) is 41.0 Å². The van der Waals surface area contributed by atoms with Crippen LogP contribution in [0.25, 0.3) is 0 Å². The van der Waals surface area contributed by atoms with Gasteiger partial charge < -0.3 is 4.90 Å². The number of halogens is 1. The molecule has 0 radical (unpaired) electrons. The minimum absolute atomic E-state index is 0.169. The van der Waals surface area contributed by atoms with E-state index in [2.05, 4.69) is 11.2 Å². The van der Waals surface area contributed by atoms with Crippen LogP contribution >= 0.6 is 34.4 Å².